The van der Waals surface area contributed by atoms with Gasteiger partial charge in [-0.3, -0.25) is 0 Å². The summed E-state index contributed by atoms with van der Waals surface area (Å²) in [6, 6.07) is 7.44. The van der Waals surface area contributed by atoms with Crippen LogP contribution in [0.2, 0.25) is 9.36 Å². The molecule has 0 saturated carbocycles. The molecule has 1 unspecified atom stereocenters. The second-order valence-corrected chi connectivity index (χ2v) is 6.13. The summed E-state index contributed by atoms with van der Waals surface area (Å²) in [7, 11) is 0. The Kier molecular flexibility index (Phi) is 3.79. The molecule has 1 N–H and O–H groups in total. The number of rotatable bonds is 2. The first kappa shape index (κ1) is 12.9. The monoisotopic (exact) mass is 286 g/mol. The number of halogens is 2. The first-order chi connectivity index (χ1) is 7.99. The van der Waals surface area contributed by atoms with E-state index in [1.807, 2.05) is 32.0 Å². The Balaban J connectivity index is 2.42. The van der Waals surface area contributed by atoms with Gasteiger partial charge >= 0.3 is 0 Å². The Hall–Kier alpha value is -0.540. The largest absolute Gasteiger partial charge is 0.383 e. The molecule has 0 fully saturated rings. The van der Waals surface area contributed by atoms with Crippen molar-refractivity contribution in [2.24, 2.45) is 0 Å². The van der Waals surface area contributed by atoms with Gasteiger partial charge in [0.1, 0.15) is 6.10 Å². The van der Waals surface area contributed by atoms with E-state index in [4.69, 9.17) is 23.2 Å². The maximum Gasteiger partial charge on any atom is 0.114 e. The SMILES string of the molecule is Cc1ccc(Cl)cc1C(O)c1cc(C)c(Cl)s1. The molecule has 0 aliphatic carbocycles. The van der Waals surface area contributed by atoms with Crippen molar-refractivity contribution in [1.29, 1.82) is 0 Å². The van der Waals surface area contributed by atoms with Crippen LogP contribution in [0.1, 0.15) is 27.7 Å². The van der Waals surface area contributed by atoms with Gasteiger partial charge in [0.15, 0.2) is 0 Å². The first-order valence-electron chi connectivity index (χ1n) is 5.19. The summed E-state index contributed by atoms with van der Waals surface area (Å²) in [5.41, 5.74) is 2.84. The van der Waals surface area contributed by atoms with Gasteiger partial charge in [0, 0.05) is 9.90 Å². The fraction of sp³-hybridized carbons (Fsp3) is 0.231. The van der Waals surface area contributed by atoms with Crippen LogP contribution in [0.15, 0.2) is 24.3 Å². The van der Waals surface area contributed by atoms with Crippen LogP contribution in [0, 0.1) is 13.8 Å². The van der Waals surface area contributed by atoms with Gasteiger partial charge in [-0.1, -0.05) is 29.3 Å². The molecule has 90 valence electrons. The molecule has 1 heterocycles. The van der Waals surface area contributed by atoms with Crippen LogP contribution in [0.3, 0.4) is 0 Å². The van der Waals surface area contributed by atoms with Gasteiger partial charge in [-0.15, -0.1) is 11.3 Å². The highest BCUT2D eigenvalue weighted by molar-refractivity contribution is 7.16. The van der Waals surface area contributed by atoms with Crippen LogP contribution in [-0.2, 0) is 0 Å². The highest BCUT2D eigenvalue weighted by Gasteiger charge is 2.16. The van der Waals surface area contributed by atoms with Crippen molar-refractivity contribution in [3.05, 3.63) is 55.2 Å². The first-order valence-corrected chi connectivity index (χ1v) is 6.76. The lowest BCUT2D eigenvalue weighted by molar-refractivity contribution is 0.223. The van der Waals surface area contributed by atoms with Crippen LogP contribution in [0.25, 0.3) is 0 Å². The van der Waals surface area contributed by atoms with E-state index in [-0.39, 0.29) is 0 Å². The fourth-order valence-corrected chi connectivity index (χ4v) is 3.08. The minimum absolute atomic E-state index is 0.629. The summed E-state index contributed by atoms with van der Waals surface area (Å²) in [6.45, 7) is 3.89. The van der Waals surface area contributed by atoms with Crippen LogP contribution < -0.4 is 0 Å². The average Bonchev–Trinajstić information content (AvgIpc) is 2.62. The van der Waals surface area contributed by atoms with Crippen molar-refractivity contribution < 1.29 is 5.11 Å². The summed E-state index contributed by atoms with van der Waals surface area (Å²) in [4.78, 5) is 0.845. The molecule has 0 spiro atoms. The molecule has 0 radical (unpaired) electrons. The molecule has 1 aromatic carbocycles. The van der Waals surface area contributed by atoms with E-state index in [1.165, 1.54) is 11.3 Å². The van der Waals surface area contributed by atoms with Crippen LogP contribution >= 0.6 is 34.5 Å². The van der Waals surface area contributed by atoms with Gasteiger partial charge in [0.2, 0.25) is 0 Å². The highest BCUT2D eigenvalue weighted by atomic mass is 35.5. The third-order valence-electron chi connectivity index (χ3n) is 2.68. The molecule has 0 amide bonds. The fourth-order valence-electron chi connectivity index (χ4n) is 1.68. The number of hydrogen-bond acceptors (Lipinski definition) is 2. The predicted molar refractivity (Wildman–Crippen MR) is 74.3 cm³/mol. The number of aliphatic hydroxyl groups is 1. The van der Waals surface area contributed by atoms with E-state index in [9.17, 15) is 5.11 Å². The zero-order chi connectivity index (χ0) is 12.6. The van der Waals surface area contributed by atoms with Crippen molar-refractivity contribution in [2.45, 2.75) is 20.0 Å². The molecule has 2 rings (SSSR count). The van der Waals surface area contributed by atoms with E-state index < -0.39 is 6.10 Å². The number of hydrogen-bond donors (Lipinski definition) is 1. The lowest BCUT2D eigenvalue weighted by atomic mass is 10.0. The van der Waals surface area contributed by atoms with Crippen molar-refractivity contribution >= 4 is 34.5 Å². The zero-order valence-corrected chi connectivity index (χ0v) is 11.8. The van der Waals surface area contributed by atoms with Crippen molar-refractivity contribution in [2.75, 3.05) is 0 Å². The second-order valence-electron chi connectivity index (χ2n) is 4.01. The molecule has 0 bridgehead atoms. The summed E-state index contributed by atoms with van der Waals surface area (Å²) < 4.78 is 0.721. The predicted octanol–water partition coefficient (Wildman–Crippen LogP) is 4.75. The Labute approximate surface area is 115 Å². The molecule has 0 aliphatic rings. The Bertz CT molecular complexity index is 529. The minimum atomic E-state index is -0.662. The molecule has 1 nitrogen and oxygen atoms in total. The standard InChI is InChI=1S/C13H12Cl2OS/c1-7-3-4-9(14)6-10(7)12(16)11-5-8(2)13(15)17-11/h3-6,12,16H,1-2H3. The van der Waals surface area contributed by atoms with E-state index in [0.29, 0.717) is 5.02 Å². The molecule has 0 aliphatic heterocycles. The summed E-state index contributed by atoms with van der Waals surface area (Å²) in [5.74, 6) is 0. The zero-order valence-electron chi connectivity index (χ0n) is 9.50. The highest BCUT2D eigenvalue weighted by Crippen LogP contribution is 2.35. The van der Waals surface area contributed by atoms with Gasteiger partial charge in [-0.25, -0.2) is 0 Å². The van der Waals surface area contributed by atoms with Gasteiger partial charge in [0.25, 0.3) is 0 Å². The molecule has 2 aromatic rings. The van der Waals surface area contributed by atoms with E-state index >= 15 is 0 Å². The van der Waals surface area contributed by atoms with Crippen molar-refractivity contribution in [3.63, 3.8) is 0 Å². The van der Waals surface area contributed by atoms with E-state index in [2.05, 4.69) is 0 Å². The lowest BCUT2D eigenvalue weighted by Crippen LogP contribution is -1.99. The summed E-state index contributed by atoms with van der Waals surface area (Å²) >= 11 is 13.4. The Morgan fingerprint density at radius 1 is 1.12 bits per heavy atom. The Morgan fingerprint density at radius 3 is 2.41 bits per heavy atom. The quantitative estimate of drug-likeness (QED) is 0.844. The third kappa shape index (κ3) is 2.66. The number of aryl methyl sites for hydroxylation is 2. The van der Waals surface area contributed by atoms with E-state index in [1.54, 1.807) is 6.07 Å². The van der Waals surface area contributed by atoms with Crippen molar-refractivity contribution in [1.82, 2.24) is 0 Å². The molecule has 4 heteroatoms. The maximum atomic E-state index is 10.3. The number of aliphatic hydroxyl groups excluding tert-OH is 1. The maximum absolute atomic E-state index is 10.3. The molecule has 1 aromatic heterocycles. The summed E-state index contributed by atoms with van der Waals surface area (Å²) in [5, 5.41) is 11.0. The normalized spacial score (nSPS) is 12.8. The van der Waals surface area contributed by atoms with Crippen LogP contribution in [0.4, 0.5) is 0 Å². The topological polar surface area (TPSA) is 20.2 Å². The lowest BCUT2D eigenvalue weighted by Gasteiger charge is -2.12. The molecule has 0 saturated heterocycles. The number of benzene rings is 1. The van der Waals surface area contributed by atoms with Gasteiger partial charge in [-0.2, -0.15) is 0 Å². The summed E-state index contributed by atoms with van der Waals surface area (Å²) in [6.07, 6.45) is -0.662. The number of thiophene rings is 1. The molecule has 17 heavy (non-hydrogen) atoms. The minimum Gasteiger partial charge on any atom is -0.383 e. The van der Waals surface area contributed by atoms with Crippen molar-refractivity contribution in [3.8, 4) is 0 Å². The molecular weight excluding hydrogens is 275 g/mol. The average molecular weight is 287 g/mol. The van der Waals surface area contributed by atoms with Crippen LogP contribution in [0.5, 0.6) is 0 Å². The van der Waals surface area contributed by atoms with Gasteiger partial charge in [0.05, 0.1) is 4.34 Å². The second kappa shape index (κ2) is 4.99. The Morgan fingerprint density at radius 2 is 1.82 bits per heavy atom. The smallest absolute Gasteiger partial charge is 0.114 e. The van der Waals surface area contributed by atoms with Gasteiger partial charge in [-0.05, 0) is 48.7 Å². The van der Waals surface area contributed by atoms with Crippen LogP contribution in [-0.4, -0.2) is 5.11 Å². The van der Waals surface area contributed by atoms with E-state index in [0.717, 1.165) is 25.9 Å². The molecule has 1 atom stereocenters. The molecular formula is C13H12Cl2OS. The third-order valence-corrected chi connectivity index (χ3v) is 4.52. The van der Waals surface area contributed by atoms with Gasteiger partial charge < -0.3 is 5.11 Å².